The van der Waals surface area contributed by atoms with Gasteiger partial charge in [0.1, 0.15) is 0 Å². The molecule has 2 bridgehead atoms. The SMILES string of the molecule is C=C(C)SC1C(C)CC23CC1CC2CC3C. The van der Waals surface area contributed by atoms with Crippen molar-refractivity contribution in [1.82, 2.24) is 0 Å². The lowest BCUT2D eigenvalue weighted by molar-refractivity contribution is -0.0433. The van der Waals surface area contributed by atoms with E-state index in [9.17, 15) is 0 Å². The van der Waals surface area contributed by atoms with E-state index < -0.39 is 0 Å². The first-order chi connectivity index (χ1) is 7.53. The second-order valence-corrected chi connectivity index (χ2v) is 8.21. The molecule has 0 N–H and O–H groups in total. The Morgan fingerprint density at radius 1 is 1.25 bits per heavy atom. The van der Waals surface area contributed by atoms with Crippen LogP contribution in [-0.2, 0) is 0 Å². The number of allylic oxidation sites excluding steroid dienone is 1. The van der Waals surface area contributed by atoms with Gasteiger partial charge in [0.2, 0.25) is 0 Å². The van der Waals surface area contributed by atoms with E-state index in [0.717, 1.165) is 34.3 Å². The Kier molecular flexibility index (Phi) is 2.48. The summed E-state index contributed by atoms with van der Waals surface area (Å²) in [6.45, 7) is 11.3. The molecule has 0 saturated heterocycles. The molecule has 3 rings (SSSR count). The van der Waals surface area contributed by atoms with E-state index >= 15 is 0 Å². The van der Waals surface area contributed by atoms with Crippen molar-refractivity contribution in [2.45, 2.75) is 51.7 Å². The van der Waals surface area contributed by atoms with Gasteiger partial charge >= 0.3 is 0 Å². The minimum Gasteiger partial charge on any atom is -0.128 e. The Hall–Kier alpha value is 0.0900. The van der Waals surface area contributed by atoms with Crippen LogP contribution in [0.1, 0.15) is 46.5 Å². The summed E-state index contributed by atoms with van der Waals surface area (Å²) in [5.41, 5.74) is 0.788. The number of hydrogen-bond donors (Lipinski definition) is 0. The van der Waals surface area contributed by atoms with E-state index in [0.29, 0.717) is 0 Å². The molecule has 3 aliphatic carbocycles. The summed E-state index contributed by atoms with van der Waals surface area (Å²) in [6, 6.07) is 0. The molecule has 16 heavy (non-hydrogen) atoms. The molecule has 0 aromatic carbocycles. The zero-order valence-electron chi connectivity index (χ0n) is 10.8. The Labute approximate surface area is 104 Å². The van der Waals surface area contributed by atoms with Gasteiger partial charge in [-0.25, -0.2) is 0 Å². The van der Waals surface area contributed by atoms with Crippen LogP contribution < -0.4 is 0 Å². The van der Waals surface area contributed by atoms with Gasteiger partial charge < -0.3 is 0 Å². The summed E-state index contributed by atoms with van der Waals surface area (Å²) in [4.78, 5) is 1.32. The molecule has 0 nitrogen and oxygen atoms in total. The molecular weight excluding hydrogens is 212 g/mol. The van der Waals surface area contributed by atoms with Gasteiger partial charge in [-0.3, -0.25) is 0 Å². The topological polar surface area (TPSA) is 0 Å². The minimum absolute atomic E-state index is 0.788. The van der Waals surface area contributed by atoms with Gasteiger partial charge in [-0.2, -0.15) is 0 Å². The lowest BCUT2D eigenvalue weighted by Gasteiger charge is -2.55. The summed E-state index contributed by atoms with van der Waals surface area (Å²) in [7, 11) is 0. The van der Waals surface area contributed by atoms with Crippen LogP contribution in [0.15, 0.2) is 11.5 Å². The fraction of sp³-hybridized carbons (Fsp3) is 0.867. The number of rotatable bonds is 2. The Morgan fingerprint density at radius 3 is 2.62 bits per heavy atom. The van der Waals surface area contributed by atoms with E-state index in [2.05, 4.69) is 39.1 Å². The zero-order chi connectivity index (χ0) is 11.5. The van der Waals surface area contributed by atoms with Gasteiger partial charge in [-0.05, 0) is 66.6 Å². The normalized spacial score (nSPS) is 54.3. The van der Waals surface area contributed by atoms with Crippen molar-refractivity contribution in [3.63, 3.8) is 0 Å². The van der Waals surface area contributed by atoms with Crippen molar-refractivity contribution in [2.75, 3.05) is 0 Å². The highest BCUT2D eigenvalue weighted by atomic mass is 32.2. The number of hydrogen-bond acceptors (Lipinski definition) is 1. The quantitative estimate of drug-likeness (QED) is 0.669. The summed E-state index contributed by atoms with van der Waals surface area (Å²) in [6.07, 6.45) is 6.09. The van der Waals surface area contributed by atoms with Gasteiger partial charge in [0.25, 0.3) is 0 Å². The maximum atomic E-state index is 4.10. The minimum atomic E-state index is 0.788. The van der Waals surface area contributed by atoms with Crippen molar-refractivity contribution in [3.8, 4) is 0 Å². The van der Waals surface area contributed by atoms with Crippen LogP contribution in [0.5, 0.6) is 0 Å². The number of thioether (sulfide) groups is 1. The first-order valence-electron chi connectivity index (χ1n) is 6.85. The summed E-state index contributed by atoms with van der Waals surface area (Å²) in [5.74, 6) is 4.01. The molecule has 3 aliphatic rings. The first-order valence-corrected chi connectivity index (χ1v) is 7.73. The fourth-order valence-electron chi connectivity index (χ4n) is 5.10. The first kappa shape index (κ1) is 11.2. The van der Waals surface area contributed by atoms with E-state index in [-0.39, 0.29) is 0 Å². The third-order valence-electron chi connectivity index (χ3n) is 5.73. The predicted octanol–water partition coefficient (Wildman–Crippen LogP) is 4.71. The molecule has 0 heterocycles. The van der Waals surface area contributed by atoms with E-state index in [4.69, 9.17) is 0 Å². The fourth-order valence-corrected chi connectivity index (χ4v) is 6.29. The molecule has 0 radical (unpaired) electrons. The van der Waals surface area contributed by atoms with E-state index in [1.54, 1.807) is 0 Å². The molecule has 0 amide bonds. The van der Waals surface area contributed by atoms with Crippen LogP contribution in [0.25, 0.3) is 0 Å². The lowest BCUT2D eigenvalue weighted by Crippen LogP contribution is -2.47. The highest BCUT2D eigenvalue weighted by Crippen LogP contribution is 2.70. The molecule has 3 saturated carbocycles. The van der Waals surface area contributed by atoms with Crippen molar-refractivity contribution in [3.05, 3.63) is 11.5 Å². The maximum Gasteiger partial charge on any atom is 0.0145 e. The van der Waals surface area contributed by atoms with Gasteiger partial charge in [0, 0.05) is 5.25 Å². The monoisotopic (exact) mass is 236 g/mol. The smallest absolute Gasteiger partial charge is 0.0145 e. The second-order valence-electron chi connectivity index (χ2n) is 6.73. The molecular formula is C15H24S. The lowest BCUT2D eigenvalue weighted by atomic mass is 9.51. The van der Waals surface area contributed by atoms with Crippen LogP contribution in [-0.4, -0.2) is 5.25 Å². The molecule has 1 spiro atoms. The standard InChI is InChI=1S/C15H24S/c1-9(2)16-14-10(3)7-15-8-12(14)6-13(15)5-11(15)4/h10-14H,1,5-8H2,2-4H3. The van der Waals surface area contributed by atoms with E-state index in [1.165, 1.54) is 30.6 Å². The molecule has 0 aromatic heterocycles. The predicted molar refractivity (Wildman–Crippen MR) is 72.4 cm³/mol. The summed E-state index contributed by atoms with van der Waals surface area (Å²) >= 11 is 2.08. The average Bonchev–Trinajstić information content (AvgIpc) is 2.44. The van der Waals surface area contributed by atoms with Crippen molar-refractivity contribution in [2.24, 2.45) is 29.1 Å². The molecule has 90 valence electrons. The highest BCUT2D eigenvalue weighted by Gasteiger charge is 2.62. The van der Waals surface area contributed by atoms with Crippen LogP contribution >= 0.6 is 11.8 Å². The van der Waals surface area contributed by atoms with Crippen LogP contribution in [0.2, 0.25) is 0 Å². The number of fused-ring (bicyclic) bond motifs is 1. The van der Waals surface area contributed by atoms with Gasteiger partial charge in [-0.1, -0.05) is 20.4 Å². The molecule has 6 atom stereocenters. The largest absolute Gasteiger partial charge is 0.128 e. The summed E-state index contributed by atoms with van der Waals surface area (Å²) in [5, 5.41) is 0.876. The maximum absolute atomic E-state index is 4.10. The molecule has 1 heteroatoms. The van der Waals surface area contributed by atoms with Crippen molar-refractivity contribution >= 4 is 11.8 Å². The highest BCUT2D eigenvalue weighted by molar-refractivity contribution is 8.03. The molecule has 0 aliphatic heterocycles. The van der Waals surface area contributed by atoms with Gasteiger partial charge in [0.15, 0.2) is 0 Å². The second kappa shape index (κ2) is 3.54. The van der Waals surface area contributed by atoms with Crippen LogP contribution in [0.3, 0.4) is 0 Å². The molecule has 0 aromatic rings. The van der Waals surface area contributed by atoms with Crippen molar-refractivity contribution in [1.29, 1.82) is 0 Å². The summed E-state index contributed by atoms with van der Waals surface area (Å²) < 4.78 is 0. The zero-order valence-corrected chi connectivity index (χ0v) is 11.6. The van der Waals surface area contributed by atoms with Crippen LogP contribution in [0.4, 0.5) is 0 Å². The Morgan fingerprint density at radius 2 is 2.00 bits per heavy atom. The van der Waals surface area contributed by atoms with Crippen molar-refractivity contribution < 1.29 is 0 Å². The van der Waals surface area contributed by atoms with Crippen LogP contribution in [0, 0.1) is 29.1 Å². The van der Waals surface area contributed by atoms with Gasteiger partial charge in [0.05, 0.1) is 0 Å². The average molecular weight is 236 g/mol. The van der Waals surface area contributed by atoms with Gasteiger partial charge in [-0.15, -0.1) is 11.8 Å². The third kappa shape index (κ3) is 1.36. The Bertz CT molecular complexity index is 321. The van der Waals surface area contributed by atoms with E-state index in [1.807, 2.05) is 0 Å². The molecule has 6 unspecified atom stereocenters. The Balaban J connectivity index is 1.80. The molecule has 3 fully saturated rings. The third-order valence-corrected chi connectivity index (χ3v) is 7.25.